The molecule has 0 N–H and O–H groups in total. The number of amides is 1. The Hall–Kier alpha value is -3.42. The van der Waals surface area contributed by atoms with Gasteiger partial charge in [-0.3, -0.25) is 19.7 Å². The van der Waals surface area contributed by atoms with Crippen LogP contribution in [0.25, 0.3) is 10.2 Å². The molecule has 3 aromatic rings. The lowest BCUT2D eigenvalue weighted by Gasteiger charge is -2.34. The molecule has 37 heavy (non-hydrogen) atoms. The topological polar surface area (TPSA) is 141 Å². The predicted molar refractivity (Wildman–Crippen MR) is 137 cm³/mol. The van der Waals surface area contributed by atoms with Gasteiger partial charge < -0.3 is 9.30 Å². The van der Waals surface area contributed by atoms with Gasteiger partial charge >= 0.3 is 5.97 Å². The number of sulfonamides is 1. The van der Waals surface area contributed by atoms with E-state index in [1.54, 1.807) is 4.31 Å². The zero-order valence-corrected chi connectivity index (χ0v) is 22.0. The molecular weight excluding hydrogens is 520 g/mol. The summed E-state index contributed by atoms with van der Waals surface area (Å²) < 4.78 is 34.7. The van der Waals surface area contributed by atoms with Crippen molar-refractivity contribution in [1.29, 1.82) is 0 Å². The molecule has 13 heteroatoms. The first kappa shape index (κ1) is 26.6. The number of nitrogens with zero attached hydrogens (tertiary/aromatic N) is 4. The first-order chi connectivity index (χ1) is 17.6. The van der Waals surface area contributed by atoms with Gasteiger partial charge in [-0.1, -0.05) is 24.7 Å². The summed E-state index contributed by atoms with van der Waals surface area (Å²) in [5, 5.41) is 11.2. The third kappa shape index (κ3) is 5.48. The number of hydrogen-bond acceptors (Lipinski definition) is 8. The highest BCUT2D eigenvalue weighted by Gasteiger charge is 2.32. The number of nitro groups is 1. The average Bonchev–Trinajstić information content (AvgIpc) is 3.24. The summed E-state index contributed by atoms with van der Waals surface area (Å²) in [6.07, 6.45) is 3.38. The van der Waals surface area contributed by atoms with E-state index in [0.717, 1.165) is 37.0 Å². The van der Waals surface area contributed by atoms with Crippen molar-refractivity contribution in [2.75, 3.05) is 13.7 Å². The summed E-state index contributed by atoms with van der Waals surface area (Å²) >= 11 is 1.09. The maximum atomic E-state index is 13.2. The number of thiazole rings is 1. The number of esters is 1. The molecule has 1 aliphatic rings. The zero-order valence-electron chi connectivity index (χ0n) is 20.3. The number of benzene rings is 2. The molecule has 4 rings (SSSR count). The van der Waals surface area contributed by atoms with Crippen molar-refractivity contribution in [3.63, 3.8) is 0 Å². The van der Waals surface area contributed by atoms with E-state index in [4.69, 9.17) is 4.74 Å². The second kappa shape index (κ2) is 10.9. The quantitative estimate of drug-likeness (QED) is 0.251. The molecular formula is C24H26N4O7S2. The lowest BCUT2D eigenvalue weighted by molar-refractivity contribution is -0.384. The Bertz CT molecular complexity index is 1520. The molecule has 0 spiro atoms. The molecule has 1 amide bonds. The number of carbonyl (C=O) groups excluding carboxylic acids is 2. The smallest absolute Gasteiger partial charge is 0.325 e. The highest BCUT2D eigenvalue weighted by atomic mass is 32.2. The summed E-state index contributed by atoms with van der Waals surface area (Å²) in [4.78, 5) is 40.0. The van der Waals surface area contributed by atoms with Crippen molar-refractivity contribution in [3.8, 4) is 0 Å². The fraction of sp³-hybridized carbons (Fsp3) is 0.375. The summed E-state index contributed by atoms with van der Waals surface area (Å²) in [5.74, 6) is -1.26. The number of piperidine rings is 1. The number of carbonyl (C=O) groups is 2. The second-order valence-corrected chi connectivity index (χ2v) is 11.5. The minimum absolute atomic E-state index is 0.0379. The molecule has 1 fully saturated rings. The van der Waals surface area contributed by atoms with Crippen molar-refractivity contribution in [3.05, 3.63) is 62.9 Å². The van der Waals surface area contributed by atoms with Gasteiger partial charge in [-0.05, 0) is 49.6 Å². The average molecular weight is 547 g/mol. The largest absolute Gasteiger partial charge is 0.468 e. The normalized spacial score (nSPS) is 17.1. The van der Waals surface area contributed by atoms with E-state index in [2.05, 4.69) is 4.99 Å². The van der Waals surface area contributed by atoms with Gasteiger partial charge in [-0.25, -0.2) is 8.42 Å². The third-order valence-corrected chi connectivity index (χ3v) is 9.37. The molecule has 0 radical (unpaired) electrons. The predicted octanol–water partition coefficient (Wildman–Crippen LogP) is 3.48. The van der Waals surface area contributed by atoms with Crippen LogP contribution in [0.5, 0.6) is 0 Å². The Labute approximate surface area is 217 Å². The van der Waals surface area contributed by atoms with Gasteiger partial charge in [-0.2, -0.15) is 9.30 Å². The Morgan fingerprint density at radius 2 is 1.92 bits per heavy atom. The number of rotatable bonds is 7. The van der Waals surface area contributed by atoms with E-state index in [0.29, 0.717) is 16.8 Å². The Morgan fingerprint density at radius 3 is 2.57 bits per heavy atom. The van der Waals surface area contributed by atoms with E-state index in [9.17, 15) is 28.1 Å². The van der Waals surface area contributed by atoms with Gasteiger partial charge in [0.25, 0.3) is 11.6 Å². The van der Waals surface area contributed by atoms with Crippen molar-refractivity contribution in [2.45, 2.75) is 50.1 Å². The number of aromatic nitrogens is 1. The Morgan fingerprint density at radius 1 is 1.19 bits per heavy atom. The van der Waals surface area contributed by atoms with Gasteiger partial charge in [-0.15, -0.1) is 0 Å². The lowest BCUT2D eigenvalue weighted by atomic mass is 10.0. The van der Waals surface area contributed by atoms with Crippen molar-refractivity contribution in [2.24, 2.45) is 4.99 Å². The van der Waals surface area contributed by atoms with E-state index in [-0.39, 0.29) is 33.5 Å². The number of non-ortho nitro benzene ring substituents is 1. The minimum Gasteiger partial charge on any atom is -0.468 e. The maximum absolute atomic E-state index is 13.2. The molecule has 1 saturated heterocycles. The number of ether oxygens (including phenoxy) is 1. The van der Waals surface area contributed by atoms with Gasteiger partial charge in [0.05, 0.1) is 27.1 Å². The van der Waals surface area contributed by atoms with Crippen molar-refractivity contribution < 1.29 is 27.7 Å². The van der Waals surface area contributed by atoms with Gasteiger partial charge in [0.15, 0.2) is 4.80 Å². The van der Waals surface area contributed by atoms with Gasteiger partial charge in [0.1, 0.15) is 6.54 Å². The minimum atomic E-state index is -3.69. The number of fused-ring (bicyclic) bond motifs is 1. The van der Waals surface area contributed by atoms with Gasteiger partial charge in [0, 0.05) is 30.3 Å². The van der Waals surface area contributed by atoms with E-state index < -0.39 is 26.8 Å². The third-order valence-electron chi connectivity index (χ3n) is 6.34. The van der Waals surface area contributed by atoms with Crippen LogP contribution in [0.3, 0.4) is 0 Å². The van der Waals surface area contributed by atoms with Crippen LogP contribution < -0.4 is 4.80 Å². The highest BCUT2D eigenvalue weighted by molar-refractivity contribution is 7.89. The molecule has 1 unspecified atom stereocenters. The molecule has 1 aromatic heterocycles. The first-order valence-corrected chi connectivity index (χ1v) is 14.0. The number of hydrogen-bond donors (Lipinski definition) is 0. The molecule has 1 atom stereocenters. The van der Waals surface area contributed by atoms with Gasteiger partial charge in [0.2, 0.25) is 10.0 Å². The van der Waals surface area contributed by atoms with E-state index in [1.807, 2.05) is 6.92 Å². The van der Waals surface area contributed by atoms with Crippen LogP contribution in [0.1, 0.15) is 43.0 Å². The van der Waals surface area contributed by atoms with E-state index in [1.165, 1.54) is 54.1 Å². The molecule has 11 nitrogen and oxygen atoms in total. The summed E-state index contributed by atoms with van der Waals surface area (Å²) in [6.45, 7) is 2.15. The summed E-state index contributed by atoms with van der Waals surface area (Å²) in [6, 6.07) is 9.74. The zero-order chi connectivity index (χ0) is 26.7. The standard InChI is InChI=1S/C24H26N4O7S2/c1-3-17-6-4-5-13-27(17)37(33,34)19-10-7-16(8-11-19)23(30)25-24-26(15-22(29)35-2)20-14-18(28(31)32)9-12-21(20)36-24/h7-12,14,17H,3-6,13,15H2,1-2H3. The van der Waals surface area contributed by atoms with Crippen LogP contribution in [0.4, 0.5) is 5.69 Å². The van der Waals surface area contributed by atoms with Crippen LogP contribution in [-0.2, 0) is 26.1 Å². The number of methoxy groups -OCH3 is 1. The maximum Gasteiger partial charge on any atom is 0.325 e. The van der Waals surface area contributed by atoms with Crippen LogP contribution in [0, 0.1) is 10.1 Å². The first-order valence-electron chi connectivity index (χ1n) is 11.7. The Balaban J connectivity index is 1.69. The van der Waals surface area contributed by atoms with Crippen LogP contribution in [-0.4, -0.2) is 53.8 Å². The highest BCUT2D eigenvalue weighted by Crippen LogP contribution is 2.27. The van der Waals surface area contributed by atoms with Crippen LogP contribution in [0.2, 0.25) is 0 Å². The molecule has 0 bridgehead atoms. The molecule has 196 valence electrons. The molecule has 0 saturated carbocycles. The fourth-order valence-electron chi connectivity index (χ4n) is 4.36. The monoisotopic (exact) mass is 546 g/mol. The molecule has 1 aliphatic heterocycles. The van der Waals surface area contributed by atoms with Crippen molar-refractivity contribution in [1.82, 2.24) is 8.87 Å². The number of nitro benzene ring substituents is 1. The second-order valence-electron chi connectivity index (χ2n) is 8.57. The van der Waals surface area contributed by atoms with Crippen molar-refractivity contribution >= 4 is 49.1 Å². The van der Waals surface area contributed by atoms with Crippen LogP contribution in [0.15, 0.2) is 52.4 Å². The molecule has 2 heterocycles. The molecule has 0 aliphatic carbocycles. The van der Waals surface area contributed by atoms with Crippen LogP contribution >= 0.6 is 11.3 Å². The SMILES string of the molecule is CCC1CCCCN1S(=O)(=O)c1ccc(C(=O)N=c2sc3ccc([N+](=O)[O-])cc3n2CC(=O)OC)cc1. The summed E-state index contributed by atoms with van der Waals surface area (Å²) in [7, 11) is -2.48. The summed E-state index contributed by atoms with van der Waals surface area (Å²) in [5.41, 5.74) is 0.361. The Kier molecular flexibility index (Phi) is 7.85. The van der Waals surface area contributed by atoms with E-state index >= 15 is 0 Å². The fourth-order valence-corrected chi connectivity index (χ4v) is 7.13. The lowest BCUT2D eigenvalue weighted by Crippen LogP contribution is -2.43. The molecule has 2 aromatic carbocycles.